The van der Waals surface area contributed by atoms with E-state index in [2.05, 4.69) is 0 Å². The zero-order valence-electron chi connectivity index (χ0n) is 8.06. The molecule has 4 atom stereocenters. The molecule has 0 amide bonds. The summed E-state index contributed by atoms with van der Waals surface area (Å²) in [6.45, 7) is 3.45. The van der Waals surface area contributed by atoms with Crippen LogP contribution in [-0.2, 0) is 14.3 Å². The largest absolute Gasteiger partial charge is 0.481 e. The summed E-state index contributed by atoms with van der Waals surface area (Å²) < 4.78 is 5.60. The number of rotatable bonds is 2. The highest BCUT2D eigenvalue weighted by Gasteiger charge is 2.62. The first-order valence-electron chi connectivity index (χ1n) is 4.52. The predicted octanol–water partition coefficient (Wildman–Crippen LogP) is 0.620. The van der Waals surface area contributed by atoms with Crippen LogP contribution in [0.4, 0.5) is 0 Å². The van der Waals surface area contributed by atoms with Gasteiger partial charge in [0, 0.05) is 0 Å². The first-order chi connectivity index (χ1) is 6.43. The van der Waals surface area contributed by atoms with E-state index in [-0.39, 0.29) is 0 Å². The van der Waals surface area contributed by atoms with Gasteiger partial charge < -0.3 is 14.6 Å². The van der Waals surface area contributed by atoms with Gasteiger partial charge in [-0.15, -0.1) is 0 Å². The van der Waals surface area contributed by atoms with E-state index in [4.69, 9.17) is 9.84 Å². The van der Waals surface area contributed by atoms with Crippen molar-refractivity contribution in [3.05, 3.63) is 12.2 Å². The molecule has 0 aromatic carbocycles. The lowest BCUT2D eigenvalue weighted by Gasteiger charge is -2.25. The molecule has 0 aromatic rings. The highest BCUT2D eigenvalue weighted by molar-refractivity contribution is 5.80. The zero-order chi connectivity index (χ0) is 10.6. The molecular weight excluding hydrogens is 184 g/mol. The van der Waals surface area contributed by atoms with Gasteiger partial charge in [0.2, 0.25) is 0 Å². The number of carbonyl (C=O) groups is 2. The summed E-state index contributed by atoms with van der Waals surface area (Å²) in [6.07, 6.45) is 4.21. The SMILES string of the molecule is CC12C=CC(C)(O1)C(C(=O)O)C2C=O. The minimum absolute atomic E-state index is 0.588. The average molecular weight is 196 g/mol. The normalized spacial score (nSPS) is 49.6. The molecule has 4 nitrogen and oxygen atoms in total. The van der Waals surface area contributed by atoms with Crippen molar-refractivity contribution in [1.82, 2.24) is 0 Å². The van der Waals surface area contributed by atoms with Crippen molar-refractivity contribution in [3.8, 4) is 0 Å². The Hall–Kier alpha value is -1.16. The number of carboxylic acids is 1. The van der Waals surface area contributed by atoms with E-state index >= 15 is 0 Å². The third kappa shape index (κ3) is 0.917. The number of ether oxygens (including phenoxy) is 1. The molecule has 14 heavy (non-hydrogen) atoms. The minimum atomic E-state index is -0.974. The summed E-state index contributed by atoms with van der Waals surface area (Å²) in [5.41, 5.74) is -1.56. The van der Waals surface area contributed by atoms with Crippen LogP contribution < -0.4 is 0 Å². The Bertz CT molecular complexity index is 335. The molecule has 0 aliphatic carbocycles. The first-order valence-corrected chi connectivity index (χ1v) is 4.52. The predicted molar refractivity (Wildman–Crippen MR) is 47.7 cm³/mol. The molecule has 2 rings (SSSR count). The van der Waals surface area contributed by atoms with Crippen molar-refractivity contribution in [1.29, 1.82) is 0 Å². The molecule has 4 unspecified atom stereocenters. The quantitative estimate of drug-likeness (QED) is 0.519. The summed E-state index contributed by atoms with van der Waals surface area (Å²) in [7, 11) is 0. The Morgan fingerprint density at radius 1 is 1.43 bits per heavy atom. The highest BCUT2D eigenvalue weighted by atomic mass is 16.5. The first kappa shape index (κ1) is 9.40. The van der Waals surface area contributed by atoms with Gasteiger partial charge in [-0.1, -0.05) is 12.2 Å². The molecule has 2 bridgehead atoms. The molecule has 0 spiro atoms. The van der Waals surface area contributed by atoms with Crippen molar-refractivity contribution >= 4 is 12.3 Å². The van der Waals surface area contributed by atoms with Gasteiger partial charge in [-0.2, -0.15) is 0 Å². The number of hydrogen-bond donors (Lipinski definition) is 1. The molecule has 2 aliphatic rings. The summed E-state index contributed by atoms with van der Waals surface area (Å²) in [4.78, 5) is 21.9. The lowest BCUT2D eigenvalue weighted by molar-refractivity contribution is -0.147. The van der Waals surface area contributed by atoms with Gasteiger partial charge >= 0.3 is 5.97 Å². The molecule has 2 heterocycles. The van der Waals surface area contributed by atoms with Crippen LogP contribution in [0, 0.1) is 11.8 Å². The third-order valence-corrected chi connectivity index (χ3v) is 3.24. The Morgan fingerprint density at radius 2 is 2.00 bits per heavy atom. The highest BCUT2D eigenvalue weighted by Crippen LogP contribution is 2.52. The molecule has 0 radical (unpaired) electrons. The Balaban J connectivity index is 2.48. The van der Waals surface area contributed by atoms with E-state index in [1.807, 2.05) is 0 Å². The fourth-order valence-corrected chi connectivity index (χ4v) is 2.52. The average Bonchev–Trinajstić information content (AvgIpc) is 2.49. The molecule has 76 valence electrons. The lowest BCUT2D eigenvalue weighted by atomic mass is 9.72. The maximum absolute atomic E-state index is 11.0. The van der Waals surface area contributed by atoms with E-state index in [9.17, 15) is 9.59 Å². The Labute approximate surface area is 81.6 Å². The van der Waals surface area contributed by atoms with Gasteiger partial charge in [0.1, 0.15) is 12.2 Å². The monoisotopic (exact) mass is 196 g/mol. The van der Waals surface area contributed by atoms with Crippen molar-refractivity contribution < 1.29 is 19.4 Å². The number of hydrogen-bond acceptors (Lipinski definition) is 3. The molecule has 1 N–H and O–H groups in total. The molecule has 0 aromatic heterocycles. The van der Waals surface area contributed by atoms with Gasteiger partial charge in [-0.25, -0.2) is 0 Å². The van der Waals surface area contributed by atoms with Crippen molar-refractivity contribution in [2.24, 2.45) is 11.8 Å². The smallest absolute Gasteiger partial charge is 0.310 e. The van der Waals surface area contributed by atoms with Crippen LogP contribution in [0.3, 0.4) is 0 Å². The van der Waals surface area contributed by atoms with Crippen LogP contribution in [0.2, 0.25) is 0 Å². The van der Waals surface area contributed by atoms with Gasteiger partial charge in [-0.05, 0) is 13.8 Å². The van der Waals surface area contributed by atoms with E-state index < -0.39 is 29.0 Å². The van der Waals surface area contributed by atoms with Crippen LogP contribution in [-0.4, -0.2) is 28.6 Å². The van der Waals surface area contributed by atoms with E-state index in [0.29, 0.717) is 6.29 Å². The number of aliphatic carboxylic acids is 1. The van der Waals surface area contributed by atoms with Gasteiger partial charge in [0.25, 0.3) is 0 Å². The maximum atomic E-state index is 11.0. The van der Waals surface area contributed by atoms with Gasteiger partial charge in [-0.3, -0.25) is 4.79 Å². The number of carbonyl (C=O) groups excluding carboxylic acids is 1. The summed E-state index contributed by atoms with van der Waals surface area (Å²) in [5.74, 6) is -2.33. The molecule has 0 saturated carbocycles. The third-order valence-electron chi connectivity index (χ3n) is 3.24. The Kier molecular flexibility index (Phi) is 1.64. The topological polar surface area (TPSA) is 63.6 Å². The van der Waals surface area contributed by atoms with Crippen molar-refractivity contribution in [3.63, 3.8) is 0 Å². The molecule has 2 aliphatic heterocycles. The summed E-state index contributed by atoms with van der Waals surface area (Å²) in [5, 5.41) is 9.04. The molecule has 1 fully saturated rings. The maximum Gasteiger partial charge on any atom is 0.310 e. The number of aldehydes is 1. The van der Waals surface area contributed by atoms with Crippen LogP contribution >= 0.6 is 0 Å². The Morgan fingerprint density at radius 3 is 2.43 bits per heavy atom. The standard InChI is InChI=1S/C10H12O4/c1-9-3-4-10(2,14-9)7(8(12)13)6(9)5-11/h3-7H,1-2H3,(H,12,13). The molecule has 1 saturated heterocycles. The van der Waals surface area contributed by atoms with Crippen LogP contribution in [0.5, 0.6) is 0 Å². The second kappa shape index (κ2) is 2.45. The van der Waals surface area contributed by atoms with E-state index in [1.54, 1.807) is 26.0 Å². The lowest BCUT2D eigenvalue weighted by Crippen LogP contribution is -2.40. The van der Waals surface area contributed by atoms with Crippen molar-refractivity contribution in [2.45, 2.75) is 25.0 Å². The van der Waals surface area contributed by atoms with E-state index in [0.717, 1.165) is 0 Å². The second-order valence-electron chi connectivity index (χ2n) is 4.28. The van der Waals surface area contributed by atoms with Crippen LogP contribution in [0.1, 0.15) is 13.8 Å². The second-order valence-corrected chi connectivity index (χ2v) is 4.28. The summed E-state index contributed by atoms with van der Waals surface area (Å²) >= 11 is 0. The molecule has 4 heteroatoms. The molecular formula is C10H12O4. The van der Waals surface area contributed by atoms with Gasteiger partial charge in [0.05, 0.1) is 17.1 Å². The van der Waals surface area contributed by atoms with Crippen LogP contribution in [0.25, 0.3) is 0 Å². The fourth-order valence-electron chi connectivity index (χ4n) is 2.52. The number of fused-ring (bicyclic) bond motifs is 2. The van der Waals surface area contributed by atoms with Crippen LogP contribution in [0.15, 0.2) is 12.2 Å². The number of carboxylic acid groups (broad SMARTS) is 1. The van der Waals surface area contributed by atoms with Crippen molar-refractivity contribution in [2.75, 3.05) is 0 Å². The minimum Gasteiger partial charge on any atom is -0.481 e. The van der Waals surface area contributed by atoms with E-state index in [1.165, 1.54) is 0 Å². The van der Waals surface area contributed by atoms with Gasteiger partial charge in [0.15, 0.2) is 0 Å². The summed E-state index contributed by atoms with van der Waals surface area (Å²) in [6, 6.07) is 0. The zero-order valence-corrected chi connectivity index (χ0v) is 8.06. The fraction of sp³-hybridized carbons (Fsp3) is 0.600.